The van der Waals surface area contributed by atoms with Gasteiger partial charge in [-0.2, -0.15) is 5.10 Å². The summed E-state index contributed by atoms with van der Waals surface area (Å²) < 4.78 is 1.87. The molecule has 0 spiro atoms. The number of aromatic nitrogens is 3. The molecule has 5 N–H and O–H groups in total. The van der Waals surface area contributed by atoms with Crippen molar-refractivity contribution in [1.82, 2.24) is 14.6 Å². The van der Waals surface area contributed by atoms with Gasteiger partial charge in [-0.15, -0.1) is 0 Å². The lowest BCUT2D eigenvalue weighted by atomic mass is 10.1. The molecule has 0 unspecified atom stereocenters. The van der Waals surface area contributed by atoms with Crippen molar-refractivity contribution in [3.05, 3.63) is 77.3 Å². The highest BCUT2D eigenvalue weighted by atomic mass is 35.5. The average molecular weight is 460 g/mol. The van der Waals surface area contributed by atoms with Gasteiger partial charge in [0.1, 0.15) is 5.84 Å². The van der Waals surface area contributed by atoms with Crippen molar-refractivity contribution < 1.29 is 0 Å². The maximum Gasteiger partial charge on any atom is 0.135 e. The summed E-state index contributed by atoms with van der Waals surface area (Å²) in [7, 11) is 0. The molecule has 3 heterocycles. The fourth-order valence-corrected chi connectivity index (χ4v) is 4.61. The monoisotopic (exact) mass is 459 g/mol. The molecule has 1 aromatic carbocycles. The molecule has 0 saturated heterocycles. The number of nitrogens with two attached hydrogens (primary N) is 2. The number of hydrogen-bond donors (Lipinski definition) is 3. The Hall–Kier alpha value is -3.42. The summed E-state index contributed by atoms with van der Waals surface area (Å²) in [6.45, 7) is 2.05. The van der Waals surface area contributed by atoms with E-state index in [1.807, 2.05) is 41.2 Å². The molecule has 7 nitrogen and oxygen atoms in total. The second-order valence-corrected chi connectivity index (χ2v) is 8.95. The third-order valence-corrected chi connectivity index (χ3v) is 6.48. The number of nitrogens with one attached hydrogen (secondary N) is 1. The van der Waals surface area contributed by atoms with Gasteiger partial charge in [-0.1, -0.05) is 23.7 Å². The Morgan fingerprint density at radius 1 is 1.21 bits per heavy atom. The minimum Gasteiger partial charge on any atom is -0.383 e. The molecular weight excluding hydrogens is 434 g/mol. The Kier molecular flexibility index (Phi) is 5.74. The first kappa shape index (κ1) is 21.4. The maximum atomic E-state index is 6.50. The maximum absolute atomic E-state index is 6.50. The molecule has 1 saturated carbocycles. The largest absolute Gasteiger partial charge is 0.383 e. The molecule has 0 radical (unpaired) electrons. The summed E-state index contributed by atoms with van der Waals surface area (Å²) in [4.78, 5) is 8.82. The summed E-state index contributed by atoms with van der Waals surface area (Å²) in [5, 5.41) is 8.88. The number of halogens is 1. The first-order valence-electron chi connectivity index (χ1n) is 11.0. The van der Waals surface area contributed by atoms with Crippen LogP contribution in [0.3, 0.4) is 0 Å². The molecule has 0 aliphatic heterocycles. The van der Waals surface area contributed by atoms with Gasteiger partial charge in [0.2, 0.25) is 0 Å². The minimum atomic E-state index is 0.208. The Balaban J connectivity index is 1.64. The molecule has 0 bridgehead atoms. The number of fused-ring (bicyclic) bond motifs is 1. The van der Waals surface area contributed by atoms with E-state index in [-0.39, 0.29) is 12.1 Å². The van der Waals surface area contributed by atoms with Crippen LogP contribution in [0.15, 0.2) is 66.2 Å². The lowest BCUT2D eigenvalue weighted by Crippen LogP contribution is -2.24. The number of para-hydroxylation sites is 1. The van der Waals surface area contributed by atoms with Crippen LogP contribution in [0.5, 0.6) is 0 Å². The fourth-order valence-electron chi connectivity index (χ4n) is 4.43. The first-order chi connectivity index (χ1) is 16.0. The summed E-state index contributed by atoms with van der Waals surface area (Å²) in [6, 6.07) is 12.0. The summed E-state index contributed by atoms with van der Waals surface area (Å²) in [5.41, 5.74) is 19.1. The number of rotatable bonds is 5. The van der Waals surface area contributed by atoms with Gasteiger partial charge in [0.15, 0.2) is 0 Å². The molecule has 3 aromatic heterocycles. The van der Waals surface area contributed by atoms with Crippen LogP contribution in [-0.4, -0.2) is 32.5 Å². The SMILES string of the molecule is Cc1cnccc1-c1cc2c(N[C@@H]3CC[C@H](N)C3)c(C(N)=Nc3ccccc3Cl)cnn2c1. The van der Waals surface area contributed by atoms with E-state index in [4.69, 9.17) is 23.1 Å². The predicted octanol–water partition coefficient (Wildman–Crippen LogP) is 4.69. The van der Waals surface area contributed by atoms with Gasteiger partial charge in [0.05, 0.1) is 33.7 Å². The predicted molar refractivity (Wildman–Crippen MR) is 134 cm³/mol. The van der Waals surface area contributed by atoms with Crippen LogP contribution in [-0.2, 0) is 0 Å². The summed E-state index contributed by atoms with van der Waals surface area (Å²) >= 11 is 6.31. The molecule has 33 heavy (non-hydrogen) atoms. The molecule has 5 rings (SSSR count). The van der Waals surface area contributed by atoms with Gasteiger partial charge >= 0.3 is 0 Å². The van der Waals surface area contributed by atoms with Crippen molar-refractivity contribution >= 4 is 34.3 Å². The molecule has 1 aliphatic rings. The second-order valence-electron chi connectivity index (χ2n) is 8.55. The van der Waals surface area contributed by atoms with E-state index in [1.54, 1.807) is 18.5 Å². The lowest BCUT2D eigenvalue weighted by Gasteiger charge is -2.18. The van der Waals surface area contributed by atoms with E-state index in [0.29, 0.717) is 16.5 Å². The van der Waals surface area contributed by atoms with Gasteiger partial charge < -0.3 is 16.8 Å². The van der Waals surface area contributed by atoms with E-state index >= 15 is 0 Å². The minimum absolute atomic E-state index is 0.208. The Morgan fingerprint density at radius 3 is 2.82 bits per heavy atom. The highest BCUT2D eigenvalue weighted by Gasteiger charge is 2.24. The number of anilines is 1. The van der Waals surface area contributed by atoms with Crippen molar-refractivity contribution in [2.24, 2.45) is 16.5 Å². The van der Waals surface area contributed by atoms with Gasteiger partial charge in [0, 0.05) is 36.2 Å². The highest BCUT2D eigenvalue weighted by Crippen LogP contribution is 2.33. The fraction of sp³-hybridized carbons (Fsp3) is 0.240. The van der Waals surface area contributed by atoms with Gasteiger partial charge in [-0.25, -0.2) is 9.51 Å². The zero-order chi connectivity index (χ0) is 22.9. The zero-order valence-electron chi connectivity index (χ0n) is 18.4. The van der Waals surface area contributed by atoms with E-state index < -0.39 is 0 Å². The summed E-state index contributed by atoms with van der Waals surface area (Å²) in [6.07, 6.45) is 10.4. The number of aryl methyl sites for hydroxylation is 1. The molecule has 168 valence electrons. The van der Waals surface area contributed by atoms with Crippen LogP contribution in [0.2, 0.25) is 5.02 Å². The number of nitrogens with zero attached hydrogens (tertiary/aromatic N) is 4. The summed E-state index contributed by atoms with van der Waals surface area (Å²) in [5.74, 6) is 0.353. The number of pyridine rings is 1. The van der Waals surface area contributed by atoms with Crippen LogP contribution in [0, 0.1) is 6.92 Å². The van der Waals surface area contributed by atoms with E-state index in [1.165, 1.54) is 0 Å². The van der Waals surface area contributed by atoms with Crippen molar-refractivity contribution in [3.63, 3.8) is 0 Å². The zero-order valence-corrected chi connectivity index (χ0v) is 19.1. The van der Waals surface area contributed by atoms with Crippen molar-refractivity contribution in [2.45, 2.75) is 38.3 Å². The molecule has 4 aromatic rings. The second kappa shape index (κ2) is 8.84. The van der Waals surface area contributed by atoms with E-state index in [2.05, 4.69) is 33.4 Å². The average Bonchev–Trinajstić information content (AvgIpc) is 3.42. The Morgan fingerprint density at radius 2 is 2.06 bits per heavy atom. The Bertz CT molecular complexity index is 1340. The smallest absolute Gasteiger partial charge is 0.135 e. The molecule has 8 heteroatoms. The third kappa shape index (κ3) is 4.29. The van der Waals surface area contributed by atoms with Crippen LogP contribution >= 0.6 is 11.6 Å². The lowest BCUT2D eigenvalue weighted by molar-refractivity contribution is 0.687. The number of benzene rings is 1. The quantitative estimate of drug-likeness (QED) is 0.296. The topological polar surface area (TPSA) is 107 Å². The molecule has 2 atom stereocenters. The molecule has 0 amide bonds. The van der Waals surface area contributed by atoms with Gasteiger partial charge in [-0.3, -0.25) is 4.98 Å². The van der Waals surface area contributed by atoms with Crippen LogP contribution in [0.25, 0.3) is 16.6 Å². The van der Waals surface area contributed by atoms with Gasteiger partial charge in [-0.05, 0) is 61.6 Å². The number of aliphatic imine (C=N–C) groups is 1. The van der Waals surface area contributed by atoms with Crippen molar-refractivity contribution in [2.75, 3.05) is 5.32 Å². The van der Waals surface area contributed by atoms with Crippen LogP contribution in [0.1, 0.15) is 30.4 Å². The Labute approximate surface area is 197 Å². The van der Waals surface area contributed by atoms with Crippen LogP contribution < -0.4 is 16.8 Å². The normalized spacial score (nSPS) is 18.7. The van der Waals surface area contributed by atoms with E-state index in [0.717, 1.165) is 52.7 Å². The van der Waals surface area contributed by atoms with E-state index in [9.17, 15) is 0 Å². The van der Waals surface area contributed by atoms with Crippen LogP contribution in [0.4, 0.5) is 11.4 Å². The standard InChI is InChI=1S/C25H26ClN7/c1-15-12-29-9-8-19(15)16-10-23-24(31-18-7-6-17(27)11-18)20(13-30-33(23)14-16)25(28)32-22-5-3-2-4-21(22)26/h2-5,8-10,12-14,17-18,31H,6-7,11,27H2,1H3,(H2,28,32)/t17-,18+/m0/s1. The van der Waals surface area contributed by atoms with Crippen molar-refractivity contribution in [3.8, 4) is 11.1 Å². The molecule has 1 fully saturated rings. The third-order valence-electron chi connectivity index (χ3n) is 6.16. The number of hydrogen-bond acceptors (Lipinski definition) is 5. The first-order valence-corrected chi connectivity index (χ1v) is 11.4. The van der Waals surface area contributed by atoms with Crippen molar-refractivity contribution in [1.29, 1.82) is 0 Å². The van der Waals surface area contributed by atoms with Gasteiger partial charge in [0.25, 0.3) is 0 Å². The highest BCUT2D eigenvalue weighted by molar-refractivity contribution is 6.33. The molecular formula is C25H26ClN7. The molecule has 1 aliphatic carbocycles. The number of amidine groups is 1.